The molecule has 0 unspecified atom stereocenters. The highest BCUT2D eigenvalue weighted by Gasteiger charge is 2.14. The van der Waals surface area contributed by atoms with Gasteiger partial charge in [-0.1, -0.05) is 0 Å². The first-order chi connectivity index (χ1) is 7.56. The van der Waals surface area contributed by atoms with E-state index in [1.807, 2.05) is 33.0 Å². The molecule has 1 rings (SSSR count). The Hall–Kier alpha value is -1.42. The van der Waals surface area contributed by atoms with E-state index in [9.17, 15) is 4.79 Å². The Morgan fingerprint density at radius 1 is 1.44 bits per heavy atom. The van der Waals surface area contributed by atoms with Crippen molar-refractivity contribution in [3.8, 4) is 0 Å². The summed E-state index contributed by atoms with van der Waals surface area (Å²) < 4.78 is 0. The third-order valence-corrected chi connectivity index (χ3v) is 2.50. The summed E-state index contributed by atoms with van der Waals surface area (Å²) >= 11 is 0. The SMILES string of the molecule is CNCCN(C)C(=O)c1ccc(C)nc1C. The highest BCUT2D eigenvalue weighted by Crippen LogP contribution is 2.08. The van der Waals surface area contributed by atoms with E-state index in [-0.39, 0.29) is 5.91 Å². The van der Waals surface area contributed by atoms with Crippen molar-refractivity contribution in [1.82, 2.24) is 15.2 Å². The summed E-state index contributed by atoms with van der Waals surface area (Å²) in [4.78, 5) is 18.0. The van der Waals surface area contributed by atoms with Crippen LogP contribution in [0, 0.1) is 13.8 Å². The lowest BCUT2D eigenvalue weighted by atomic mass is 10.1. The predicted molar refractivity (Wildman–Crippen MR) is 64.6 cm³/mol. The van der Waals surface area contributed by atoms with E-state index in [0.717, 1.165) is 17.9 Å². The molecule has 0 atom stereocenters. The largest absolute Gasteiger partial charge is 0.340 e. The second kappa shape index (κ2) is 5.61. The van der Waals surface area contributed by atoms with Crippen molar-refractivity contribution in [2.75, 3.05) is 27.2 Å². The molecule has 0 aliphatic heterocycles. The number of likely N-dealkylation sites (N-methyl/N-ethyl adjacent to an activating group) is 2. The Labute approximate surface area is 96.7 Å². The summed E-state index contributed by atoms with van der Waals surface area (Å²) in [7, 11) is 3.68. The van der Waals surface area contributed by atoms with Crippen molar-refractivity contribution in [2.24, 2.45) is 0 Å². The molecule has 0 aromatic carbocycles. The van der Waals surface area contributed by atoms with Gasteiger partial charge in [-0.15, -0.1) is 0 Å². The van der Waals surface area contributed by atoms with E-state index >= 15 is 0 Å². The molecule has 0 aliphatic carbocycles. The molecule has 0 radical (unpaired) electrons. The minimum absolute atomic E-state index is 0.0280. The molecule has 0 spiro atoms. The Balaban J connectivity index is 2.79. The number of amides is 1. The van der Waals surface area contributed by atoms with E-state index in [2.05, 4.69) is 10.3 Å². The van der Waals surface area contributed by atoms with Crippen LogP contribution in [0.2, 0.25) is 0 Å². The zero-order valence-electron chi connectivity index (χ0n) is 10.4. The Morgan fingerprint density at radius 3 is 2.69 bits per heavy atom. The van der Waals surface area contributed by atoms with Crippen molar-refractivity contribution in [2.45, 2.75) is 13.8 Å². The number of rotatable bonds is 4. The van der Waals surface area contributed by atoms with Gasteiger partial charge in [0.15, 0.2) is 0 Å². The second-order valence-electron chi connectivity index (χ2n) is 3.92. The fraction of sp³-hybridized carbons (Fsp3) is 0.500. The molecule has 1 amide bonds. The van der Waals surface area contributed by atoms with Crippen LogP contribution >= 0.6 is 0 Å². The van der Waals surface area contributed by atoms with E-state index in [1.165, 1.54) is 0 Å². The zero-order valence-corrected chi connectivity index (χ0v) is 10.4. The van der Waals surface area contributed by atoms with Crippen molar-refractivity contribution in [3.05, 3.63) is 29.1 Å². The van der Waals surface area contributed by atoms with Gasteiger partial charge in [0.25, 0.3) is 5.91 Å². The standard InChI is InChI=1S/C12H19N3O/c1-9-5-6-11(10(2)14-9)12(16)15(4)8-7-13-3/h5-6,13H,7-8H2,1-4H3. The molecule has 0 saturated carbocycles. The monoisotopic (exact) mass is 221 g/mol. The Kier molecular flexibility index (Phi) is 4.43. The van der Waals surface area contributed by atoms with Crippen LogP contribution in [-0.4, -0.2) is 43.0 Å². The maximum atomic E-state index is 12.0. The van der Waals surface area contributed by atoms with Gasteiger partial charge in [0.2, 0.25) is 0 Å². The van der Waals surface area contributed by atoms with Gasteiger partial charge in [0.05, 0.1) is 11.3 Å². The molecule has 88 valence electrons. The lowest BCUT2D eigenvalue weighted by Gasteiger charge is -2.17. The summed E-state index contributed by atoms with van der Waals surface area (Å²) in [5, 5.41) is 3.02. The molecule has 4 nitrogen and oxygen atoms in total. The first kappa shape index (κ1) is 12.6. The zero-order chi connectivity index (χ0) is 12.1. The average Bonchev–Trinajstić information content (AvgIpc) is 2.25. The average molecular weight is 221 g/mol. The maximum absolute atomic E-state index is 12.0. The van der Waals surface area contributed by atoms with Gasteiger partial charge in [0, 0.05) is 25.8 Å². The van der Waals surface area contributed by atoms with Crippen molar-refractivity contribution < 1.29 is 4.79 Å². The van der Waals surface area contributed by atoms with E-state index in [1.54, 1.807) is 11.9 Å². The van der Waals surface area contributed by atoms with Gasteiger partial charge >= 0.3 is 0 Å². The molecule has 0 saturated heterocycles. The number of aryl methyl sites for hydroxylation is 2. The minimum atomic E-state index is 0.0280. The van der Waals surface area contributed by atoms with Crippen LogP contribution in [0.25, 0.3) is 0 Å². The molecular formula is C12H19N3O. The van der Waals surface area contributed by atoms with Crippen molar-refractivity contribution >= 4 is 5.91 Å². The fourth-order valence-electron chi connectivity index (χ4n) is 1.50. The van der Waals surface area contributed by atoms with Gasteiger partial charge in [-0.25, -0.2) is 0 Å². The number of hydrogen-bond donors (Lipinski definition) is 1. The summed E-state index contributed by atoms with van der Waals surface area (Å²) in [6.07, 6.45) is 0. The predicted octanol–water partition coefficient (Wildman–Crippen LogP) is 0.990. The number of carbonyl (C=O) groups is 1. The van der Waals surface area contributed by atoms with Crippen LogP contribution < -0.4 is 5.32 Å². The van der Waals surface area contributed by atoms with E-state index in [0.29, 0.717) is 12.1 Å². The number of carbonyl (C=O) groups excluding carboxylic acids is 1. The third kappa shape index (κ3) is 3.03. The van der Waals surface area contributed by atoms with Gasteiger partial charge in [-0.05, 0) is 33.0 Å². The molecule has 4 heteroatoms. The molecule has 1 heterocycles. The van der Waals surface area contributed by atoms with Gasteiger partial charge in [-0.3, -0.25) is 9.78 Å². The second-order valence-corrected chi connectivity index (χ2v) is 3.92. The normalized spacial score (nSPS) is 10.2. The maximum Gasteiger partial charge on any atom is 0.255 e. The third-order valence-electron chi connectivity index (χ3n) is 2.50. The lowest BCUT2D eigenvalue weighted by Crippen LogP contribution is -2.33. The Morgan fingerprint density at radius 2 is 2.12 bits per heavy atom. The molecular weight excluding hydrogens is 202 g/mol. The van der Waals surface area contributed by atoms with Crippen molar-refractivity contribution in [3.63, 3.8) is 0 Å². The molecule has 0 bridgehead atoms. The topological polar surface area (TPSA) is 45.2 Å². The number of nitrogens with one attached hydrogen (secondary N) is 1. The highest BCUT2D eigenvalue weighted by molar-refractivity contribution is 5.95. The molecule has 0 aliphatic rings. The summed E-state index contributed by atoms with van der Waals surface area (Å²) in [5.74, 6) is 0.0280. The minimum Gasteiger partial charge on any atom is -0.340 e. The van der Waals surface area contributed by atoms with Crippen LogP contribution in [-0.2, 0) is 0 Å². The number of nitrogens with zero attached hydrogens (tertiary/aromatic N) is 2. The summed E-state index contributed by atoms with van der Waals surface area (Å²) in [6, 6.07) is 3.71. The molecule has 0 fully saturated rings. The summed E-state index contributed by atoms with van der Waals surface area (Å²) in [5.41, 5.74) is 2.41. The number of aromatic nitrogens is 1. The first-order valence-electron chi connectivity index (χ1n) is 5.40. The van der Waals surface area contributed by atoms with Gasteiger partial charge < -0.3 is 10.2 Å². The molecule has 16 heavy (non-hydrogen) atoms. The van der Waals surface area contributed by atoms with E-state index in [4.69, 9.17) is 0 Å². The molecule has 1 N–H and O–H groups in total. The Bertz CT molecular complexity index is 377. The quantitative estimate of drug-likeness (QED) is 0.824. The number of pyridine rings is 1. The smallest absolute Gasteiger partial charge is 0.255 e. The lowest BCUT2D eigenvalue weighted by molar-refractivity contribution is 0.0795. The van der Waals surface area contributed by atoms with Crippen LogP contribution in [0.4, 0.5) is 0 Å². The molecule has 1 aromatic heterocycles. The van der Waals surface area contributed by atoms with Crippen LogP contribution in [0.1, 0.15) is 21.7 Å². The van der Waals surface area contributed by atoms with Crippen LogP contribution in [0.3, 0.4) is 0 Å². The van der Waals surface area contributed by atoms with E-state index < -0.39 is 0 Å². The van der Waals surface area contributed by atoms with Crippen LogP contribution in [0.15, 0.2) is 12.1 Å². The number of hydrogen-bond acceptors (Lipinski definition) is 3. The van der Waals surface area contributed by atoms with Crippen molar-refractivity contribution in [1.29, 1.82) is 0 Å². The first-order valence-corrected chi connectivity index (χ1v) is 5.40. The summed E-state index contributed by atoms with van der Waals surface area (Å²) in [6.45, 7) is 5.28. The van der Waals surface area contributed by atoms with Gasteiger partial charge in [0.1, 0.15) is 0 Å². The highest BCUT2D eigenvalue weighted by atomic mass is 16.2. The fourth-order valence-corrected chi connectivity index (χ4v) is 1.50. The van der Waals surface area contributed by atoms with Crippen LogP contribution in [0.5, 0.6) is 0 Å². The molecule has 1 aromatic rings. The van der Waals surface area contributed by atoms with Gasteiger partial charge in [-0.2, -0.15) is 0 Å².